The SMILES string of the molecule is COCc1cc(C(C)COC=O)n[nH]1. The van der Waals surface area contributed by atoms with Gasteiger partial charge in [0, 0.05) is 13.0 Å². The molecule has 0 aliphatic heterocycles. The number of aromatic nitrogens is 2. The molecular weight excluding hydrogens is 184 g/mol. The number of rotatable bonds is 6. The quantitative estimate of drug-likeness (QED) is 0.688. The number of nitrogens with zero attached hydrogens (tertiary/aromatic N) is 1. The van der Waals surface area contributed by atoms with Gasteiger partial charge in [0.2, 0.25) is 0 Å². The van der Waals surface area contributed by atoms with E-state index in [0.717, 1.165) is 11.4 Å². The second-order valence-electron chi connectivity index (χ2n) is 3.08. The molecule has 1 aromatic heterocycles. The molecule has 0 aliphatic carbocycles. The number of aromatic amines is 1. The summed E-state index contributed by atoms with van der Waals surface area (Å²) in [7, 11) is 1.62. The molecule has 1 unspecified atom stereocenters. The van der Waals surface area contributed by atoms with Crippen LogP contribution in [-0.2, 0) is 20.9 Å². The molecule has 5 nitrogen and oxygen atoms in total. The second kappa shape index (κ2) is 5.39. The summed E-state index contributed by atoms with van der Waals surface area (Å²) in [6.45, 7) is 3.24. The van der Waals surface area contributed by atoms with Crippen molar-refractivity contribution in [3.05, 3.63) is 17.5 Å². The van der Waals surface area contributed by atoms with Crippen LogP contribution in [0.5, 0.6) is 0 Å². The fourth-order valence-electron chi connectivity index (χ4n) is 1.13. The van der Waals surface area contributed by atoms with Gasteiger partial charge in [-0.2, -0.15) is 5.10 Å². The molecule has 0 saturated heterocycles. The largest absolute Gasteiger partial charge is 0.467 e. The van der Waals surface area contributed by atoms with Crippen LogP contribution in [-0.4, -0.2) is 30.4 Å². The average molecular weight is 198 g/mol. The van der Waals surface area contributed by atoms with Crippen LogP contribution in [0.1, 0.15) is 24.2 Å². The summed E-state index contributed by atoms with van der Waals surface area (Å²) in [6.07, 6.45) is 0. The van der Waals surface area contributed by atoms with Crippen molar-refractivity contribution < 1.29 is 14.3 Å². The lowest BCUT2D eigenvalue weighted by molar-refractivity contribution is -0.129. The van der Waals surface area contributed by atoms with E-state index < -0.39 is 0 Å². The van der Waals surface area contributed by atoms with E-state index in [1.54, 1.807) is 7.11 Å². The fourth-order valence-corrected chi connectivity index (χ4v) is 1.13. The maximum absolute atomic E-state index is 9.98. The minimum atomic E-state index is 0.0991. The zero-order chi connectivity index (χ0) is 10.4. The topological polar surface area (TPSA) is 64.2 Å². The Labute approximate surface area is 82.4 Å². The fraction of sp³-hybridized carbons (Fsp3) is 0.556. The number of ether oxygens (including phenoxy) is 2. The third-order valence-corrected chi connectivity index (χ3v) is 1.87. The molecular formula is C9H14N2O3. The molecule has 1 aromatic rings. The third kappa shape index (κ3) is 2.85. The number of nitrogens with one attached hydrogen (secondary N) is 1. The van der Waals surface area contributed by atoms with E-state index in [1.165, 1.54) is 0 Å². The van der Waals surface area contributed by atoms with Crippen molar-refractivity contribution in [1.82, 2.24) is 10.2 Å². The molecule has 0 bridgehead atoms. The molecule has 0 spiro atoms. The lowest BCUT2D eigenvalue weighted by Gasteiger charge is -2.04. The standard InChI is InChI=1S/C9H14N2O3/c1-7(4-14-6-12)9-3-8(5-13-2)10-11-9/h3,6-7H,4-5H2,1-2H3,(H,10,11). The third-order valence-electron chi connectivity index (χ3n) is 1.87. The van der Waals surface area contributed by atoms with Crippen molar-refractivity contribution in [3.63, 3.8) is 0 Å². The highest BCUT2D eigenvalue weighted by Gasteiger charge is 2.09. The molecule has 1 atom stereocenters. The maximum atomic E-state index is 9.98. The Morgan fingerprint density at radius 2 is 2.50 bits per heavy atom. The van der Waals surface area contributed by atoms with E-state index in [0.29, 0.717) is 19.7 Å². The van der Waals surface area contributed by atoms with Crippen LogP contribution in [0, 0.1) is 0 Å². The molecule has 5 heteroatoms. The molecule has 0 saturated carbocycles. The first-order chi connectivity index (χ1) is 6.77. The summed E-state index contributed by atoms with van der Waals surface area (Å²) in [5.41, 5.74) is 1.79. The minimum Gasteiger partial charge on any atom is -0.467 e. The number of H-pyrrole nitrogens is 1. The molecule has 78 valence electrons. The number of hydrogen-bond donors (Lipinski definition) is 1. The highest BCUT2D eigenvalue weighted by Crippen LogP contribution is 2.13. The number of hydrogen-bond acceptors (Lipinski definition) is 4. The van der Waals surface area contributed by atoms with Gasteiger partial charge in [0.05, 0.1) is 24.6 Å². The maximum Gasteiger partial charge on any atom is 0.293 e. The first kappa shape index (κ1) is 10.7. The summed E-state index contributed by atoms with van der Waals surface area (Å²) in [4.78, 5) is 9.98. The average Bonchev–Trinajstić information content (AvgIpc) is 2.63. The molecule has 14 heavy (non-hydrogen) atoms. The number of carbonyl (C=O) groups is 1. The van der Waals surface area contributed by atoms with Crippen molar-refractivity contribution in [2.24, 2.45) is 0 Å². The molecule has 1 N–H and O–H groups in total. The van der Waals surface area contributed by atoms with Gasteiger partial charge in [-0.05, 0) is 6.07 Å². The molecule has 0 fully saturated rings. The molecule has 0 aliphatic rings. The van der Waals surface area contributed by atoms with Crippen LogP contribution in [0.4, 0.5) is 0 Å². The van der Waals surface area contributed by atoms with Gasteiger partial charge in [0.15, 0.2) is 0 Å². The van der Waals surface area contributed by atoms with Crippen LogP contribution in [0.2, 0.25) is 0 Å². The van der Waals surface area contributed by atoms with E-state index in [2.05, 4.69) is 14.9 Å². The highest BCUT2D eigenvalue weighted by atomic mass is 16.5. The van der Waals surface area contributed by atoms with Crippen molar-refractivity contribution in [1.29, 1.82) is 0 Å². The van der Waals surface area contributed by atoms with Gasteiger partial charge < -0.3 is 9.47 Å². The summed E-state index contributed by atoms with van der Waals surface area (Å²) in [5.74, 6) is 0.0991. The van der Waals surface area contributed by atoms with Crippen LogP contribution in [0.15, 0.2) is 6.07 Å². The molecule has 0 radical (unpaired) electrons. The molecule has 1 rings (SSSR count). The number of methoxy groups -OCH3 is 1. The zero-order valence-electron chi connectivity index (χ0n) is 8.32. The highest BCUT2D eigenvalue weighted by molar-refractivity contribution is 5.37. The predicted octanol–water partition coefficient (Wildman–Crippen LogP) is 0.833. The number of carbonyl (C=O) groups excluding carboxylic acids is 1. The first-order valence-corrected chi connectivity index (χ1v) is 4.36. The first-order valence-electron chi connectivity index (χ1n) is 4.36. The van der Waals surface area contributed by atoms with Gasteiger partial charge in [0.25, 0.3) is 6.47 Å². The van der Waals surface area contributed by atoms with Gasteiger partial charge >= 0.3 is 0 Å². The van der Waals surface area contributed by atoms with Gasteiger partial charge in [0.1, 0.15) is 0 Å². The van der Waals surface area contributed by atoms with E-state index in [4.69, 9.17) is 4.74 Å². The molecule has 1 heterocycles. The Morgan fingerprint density at radius 3 is 3.14 bits per heavy atom. The Kier molecular flexibility index (Phi) is 4.12. The van der Waals surface area contributed by atoms with Gasteiger partial charge in [-0.25, -0.2) is 0 Å². The zero-order valence-corrected chi connectivity index (χ0v) is 8.32. The van der Waals surface area contributed by atoms with Crippen LogP contribution in [0.25, 0.3) is 0 Å². The Hall–Kier alpha value is -1.36. The van der Waals surface area contributed by atoms with Gasteiger partial charge in [-0.15, -0.1) is 0 Å². The van der Waals surface area contributed by atoms with Gasteiger partial charge in [-0.1, -0.05) is 6.92 Å². The van der Waals surface area contributed by atoms with Crippen LogP contribution >= 0.6 is 0 Å². The predicted molar refractivity (Wildman–Crippen MR) is 49.7 cm³/mol. The second-order valence-corrected chi connectivity index (χ2v) is 3.08. The lowest BCUT2D eigenvalue weighted by atomic mass is 10.1. The summed E-state index contributed by atoms with van der Waals surface area (Å²) in [5, 5.41) is 6.93. The van der Waals surface area contributed by atoms with E-state index in [9.17, 15) is 4.79 Å². The Bertz CT molecular complexity index is 285. The van der Waals surface area contributed by atoms with Gasteiger partial charge in [-0.3, -0.25) is 9.89 Å². The smallest absolute Gasteiger partial charge is 0.293 e. The van der Waals surface area contributed by atoms with E-state index in [-0.39, 0.29) is 5.92 Å². The Balaban J connectivity index is 2.52. The normalized spacial score (nSPS) is 12.4. The monoisotopic (exact) mass is 198 g/mol. The van der Waals surface area contributed by atoms with E-state index in [1.807, 2.05) is 13.0 Å². The van der Waals surface area contributed by atoms with Crippen molar-refractivity contribution in [2.75, 3.05) is 13.7 Å². The molecule has 0 aromatic carbocycles. The lowest BCUT2D eigenvalue weighted by Crippen LogP contribution is -2.03. The summed E-state index contributed by atoms with van der Waals surface area (Å²) in [6, 6.07) is 1.91. The van der Waals surface area contributed by atoms with Crippen molar-refractivity contribution >= 4 is 6.47 Å². The van der Waals surface area contributed by atoms with Crippen molar-refractivity contribution in [2.45, 2.75) is 19.4 Å². The molecule has 0 amide bonds. The van der Waals surface area contributed by atoms with Crippen LogP contribution < -0.4 is 0 Å². The van der Waals surface area contributed by atoms with Crippen LogP contribution in [0.3, 0.4) is 0 Å². The Morgan fingerprint density at radius 1 is 1.71 bits per heavy atom. The summed E-state index contributed by atoms with van der Waals surface area (Å²) < 4.78 is 9.60. The summed E-state index contributed by atoms with van der Waals surface area (Å²) >= 11 is 0. The van der Waals surface area contributed by atoms with E-state index >= 15 is 0 Å². The van der Waals surface area contributed by atoms with Crippen molar-refractivity contribution in [3.8, 4) is 0 Å². The minimum absolute atomic E-state index is 0.0991.